The molecular weight excluding hydrogens is 399 g/mol. The highest BCUT2D eigenvalue weighted by molar-refractivity contribution is 7.09. The lowest BCUT2D eigenvalue weighted by Gasteiger charge is -2.19. The fourth-order valence-corrected chi connectivity index (χ4v) is 4.19. The van der Waals surface area contributed by atoms with E-state index in [1.165, 1.54) is 6.07 Å². The highest BCUT2D eigenvalue weighted by Gasteiger charge is 2.25. The first kappa shape index (κ1) is 20.3. The van der Waals surface area contributed by atoms with E-state index in [9.17, 15) is 4.39 Å². The number of guanidine groups is 1. The first-order valence-electron chi connectivity index (χ1n) is 10.1. The topological polar surface area (TPSA) is 65.4 Å². The molecule has 156 valence electrons. The zero-order valence-electron chi connectivity index (χ0n) is 16.9. The van der Waals surface area contributed by atoms with Crippen molar-refractivity contribution in [3.63, 3.8) is 0 Å². The molecule has 2 aromatic heterocycles. The van der Waals surface area contributed by atoms with E-state index in [1.807, 2.05) is 30.0 Å². The van der Waals surface area contributed by atoms with Crippen LogP contribution in [0.4, 0.5) is 10.2 Å². The molecule has 0 radical (unpaired) electrons. The van der Waals surface area contributed by atoms with Crippen LogP contribution in [0.15, 0.2) is 59.0 Å². The summed E-state index contributed by atoms with van der Waals surface area (Å²) in [6.07, 6.45) is 2.53. The van der Waals surface area contributed by atoms with Crippen LogP contribution in [-0.2, 0) is 6.54 Å². The molecule has 1 atom stereocenters. The van der Waals surface area contributed by atoms with Crippen molar-refractivity contribution >= 4 is 23.1 Å². The Morgan fingerprint density at radius 2 is 2.13 bits per heavy atom. The third-order valence-corrected chi connectivity index (χ3v) is 5.74. The predicted molar refractivity (Wildman–Crippen MR) is 120 cm³/mol. The summed E-state index contributed by atoms with van der Waals surface area (Å²) in [4.78, 5) is 15.6. The number of nitrogens with zero attached hydrogens (tertiary/aromatic N) is 4. The van der Waals surface area contributed by atoms with Gasteiger partial charge in [0.05, 0.1) is 12.2 Å². The van der Waals surface area contributed by atoms with Crippen molar-refractivity contribution in [2.75, 3.05) is 24.5 Å². The third kappa shape index (κ3) is 4.94. The molecule has 0 amide bonds. The normalized spacial score (nSPS) is 16.7. The van der Waals surface area contributed by atoms with Crippen molar-refractivity contribution in [1.29, 1.82) is 0 Å². The van der Waals surface area contributed by atoms with Crippen LogP contribution < -0.4 is 15.5 Å². The Morgan fingerprint density at radius 3 is 2.93 bits per heavy atom. The Kier molecular flexibility index (Phi) is 6.53. The molecule has 3 aromatic rings. The van der Waals surface area contributed by atoms with Crippen LogP contribution in [0, 0.1) is 5.82 Å². The van der Waals surface area contributed by atoms with Crippen LogP contribution in [0.1, 0.15) is 18.4 Å². The van der Waals surface area contributed by atoms with Crippen LogP contribution in [0.25, 0.3) is 11.3 Å². The fourth-order valence-electron chi connectivity index (χ4n) is 3.47. The lowest BCUT2D eigenvalue weighted by Crippen LogP contribution is -2.44. The Bertz CT molecular complexity index is 990. The fraction of sp³-hybridized carbons (Fsp3) is 0.318. The number of hydrogen-bond donors (Lipinski definition) is 2. The zero-order chi connectivity index (χ0) is 20.8. The van der Waals surface area contributed by atoms with Gasteiger partial charge < -0.3 is 15.5 Å². The largest absolute Gasteiger partial charge is 0.357 e. The maximum absolute atomic E-state index is 14.0. The summed E-state index contributed by atoms with van der Waals surface area (Å²) >= 11 is 1.61. The second-order valence-corrected chi connectivity index (χ2v) is 8.02. The van der Waals surface area contributed by atoms with E-state index < -0.39 is 0 Å². The molecule has 1 aliphatic heterocycles. The first-order chi connectivity index (χ1) is 14.7. The summed E-state index contributed by atoms with van der Waals surface area (Å²) in [5.74, 6) is 0.888. The van der Waals surface area contributed by atoms with E-state index in [1.54, 1.807) is 23.6 Å². The van der Waals surface area contributed by atoms with Gasteiger partial charge in [-0.3, -0.25) is 0 Å². The van der Waals surface area contributed by atoms with Crippen molar-refractivity contribution in [3.05, 3.63) is 64.9 Å². The van der Waals surface area contributed by atoms with E-state index in [2.05, 4.69) is 33.1 Å². The molecule has 8 heteroatoms. The lowest BCUT2D eigenvalue weighted by molar-refractivity contribution is 0.612. The van der Waals surface area contributed by atoms with Gasteiger partial charge in [-0.2, -0.15) is 0 Å². The minimum Gasteiger partial charge on any atom is -0.357 e. The van der Waals surface area contributed by atoms with Gasteiger partial charge in [0.15, 0.2) is 17.6 Å². The lowest BCUT2D eigenvalue weighted by atomic mass is 10.2. The van der Waals surface area contributed by atoms with Crippen LogP contribution in [-0.4, -0.2) is 41.6 Å². The smallest absolute Gasteiger partial charge is 0.191 e. The molecule has 3 heterocycles. The number of aliphatic imine (C=N–C) groups is 1. The highest BCUT2D eigenvalue weighted by Crippen LogP contribution is 2.22. The number of hydrogen-bond acceptors (Lipinski definition) is 5. The van der Waals surface area contributed by atoms with Gasteiger partial charge in [-0.1, -0.05) is 30.3 Å². The number of pyridine rings is 1. The zero-order valence-corrected chi connectivity index (χ0v) is 17.7. The number of thiazole rings is 1. The molecule has 1 aromatic carbocycles. The Hall–Kier alpha value is -3.00. The van der Waals surface area contributed by atoms with Gasteiger partial charge in [-0.15, -0.1) is 11.3 Å². The molecule has 0 bridgehead atoms. The molecule has 30 heavy (non-hydrogen) atoms. The SMILES string of the molecule is CCNC(=NCc1nc(-c2ccccc2)cs1)NC1CCN(c2ncccc2F)C1. The van der Waals surface area contributed by atoms with E-state index >= 15 is 0 Å². The quantitative estimate of drug-likeness (QED) is 0.467. The Labute approximate surface area is 179 Å². The molecule has 2 N–H and O–H groups in total. The van der Waals surface area contributed by atoms with Gasteiger partial charge in [-0.25, -0.2) is 19.4 Å². The van der Waals surface area contributed by atoms with E-state index in [0.29, 0.717) is 18.9 Å². The van der Waals surface area contributed by atoms with Crippen LogP contribution >= 0.6 is 11.3 Å². The van der Waals surface area contributed by atoms with Gasteiger partial charge in [0.1, 0.15) is 5.01 Å². The van der Waals surface area contributed by atoms with Crippen molar-refractivity contribution in [1.82, 2.24) is 20.6 Å². The number of nitrogens with one attached hydrogen (secondary N) is 2. The van der Waals surface area contributed by atoms with E-state index in [0.717, 1.165) is 41.7 Å². The Balaban J connectivity index is 1.38. The number of benzene rings is 1. The van der Waals surface area contributed by atoms with Crippen LogP contribution in [0.3, 0.4) is 0 Å². The van der Waals surface area contributed by atoms with Gasteiger partial charge in [0, 0.05) is 42.8 Å². The minimum atomic E-state index is -0.281. The predicted octanol–water partition coefficient (Wildman–Crippen LogP) is 3.68. The average molecular weight is 425 g/mol. The van der Waals surface area contributed by atoms with Crippen molar-refractivity contribution < 1.29 is 4.39 Å². The number of rotatable bonds is 6. The standard InChI is InChI=1S/C22H25FN6S/c1-2-24-22(26-13-20-28-19(15-30-20)16-7-4-3-5-8-16)27-17-10-12-29(14-17)21-18(23)9-6-11-25-21/h3-9,11,15,17H,2,10,12-14H2,1H3,(H2,24,26,27). The first-order valence-corrected chi connectivity index (χ1v) is 11.0. The maximum Gasteiger partial charge on any atom is 0.191 e. The van der Waals surface area contributed by atoms with Crippen molar-refractivity contribution in [2.24, 2.45) is 4.99 Å². The van der Waals surface area contributed by atoms with Gasteiger partial charge in [0.2, 0.25) is 0 Å². The number of aromatic nitrogens is 2. The summed E-state index contributed by atoms with van der Waals surface area (Å²) in [7, 11) is 0. The summed E-state index contributed by atoms with van der Waals surface area (Å²) in [6.45, 7) is 4.77. The maximum atomic E-state index is 14.0. The van der Waals surface area contributed by atoms with Crippen LogP contribution in [0.5, 0.6) is 0 Å². The summed E-state index contributed by atoms with van der Waals surface area (Å²) in [5.41, 5.74) is 2.09. The summed E-state index contributed by atoms with van der Waals surface area (Å²) in [5, 5.41) is 9.79. The monoisotopic (exact) mass is 424 g/mol. The molecule has 4 rings (SSSR count). The Morgan fingerprint density at radius 1 is 1.27 bits per heavy atom. The summed E-state index contributed by atoms with van der Waals surface area (Å²) in [6, 6.07) is 13.4. The molecular formula is C22H25FN6S. The van der Waals surface area contributed by atoms with Gasteiger partial charge in [-0.05, 0) is 25.5 Å². The summed E-state index contributed by atoms with van der Waals surface area (Å²) < 4.78 is 14.0. The van der Waals surface area contributed by atoms with E-state index in [4.69, 9.17) is 9.98 Å². The second-order valence-electron chi connectivity index (χ2n) is 7.07. The molecule has 1 aliphatic rings. The number of halogens is 1. The molecule has 1 unspecified atom stereocenters. The van der Waals surface area contributed by atoms with Crippen molar-refractivity contribution in [3.8, 4) is 11.3 Å². The van der Waals surface area contributed by atoms with Crippen molar-refractivity contribution in [2.45, 2.75) is 25.9 Å². The molecule has 0 spiro atoms. The second kappa shape index (κ2) is 9.67. The number of anilines is 1. The molecule has 1 fully saturated rings. The minimum absolute atomic E-state index is 0.181. The molecule has 0 saturated carbocycles. The third-order valence-electron chi connectivity index (χ3n) is 4.91. The average Bonchev–Trinajstić information content (AvgIpc) is 3.43. The molecule has 6 nitrogen and oxygen atoms in total. The van der Waals surface area contributed by atoms with Gasteiger partial charge in [0.25, 0.3) is 0 Å². The molecule has 0 aliphatic carbocycles. The molecule has 1 saturated heterocycles. The van der Waals surface area contributed by atoms with Crippen LogP contribution in [0.2, 0.25) is 0 Å². The van der Waals surface area contributed by atoms with E-state index in [-0.39, 0.29) is 11.9 Å². The van der Waals surface area contributed by atoms with Gasteiger partial charge >= 0.3 is 0 Å². The highest BCUT2D eigenvalue weighted by atomic mass is 32.1.